The minimum Gasteiger partial charge on any atom is -0.493 e. The Labute approximate surface area is 220 Å². The molecule has 0 atom stereocenters. The van der Waals surface area contributed by atoms with Crippen molar-refractivity contribution < 1.29 is 23.8 Å². The van der Waals surface area contributed by atoms with Crippen molar-refractivity contribution in [1.82, 2.24) is 0 Å². The molecular weight excluding hydrogens is 466 g/mol. The average molecular weight is 504 g/mol. The van der Waals surface area contributed by atoms with Crippen LogP contribution in [-0.2, 0) is 16.8 Å². The minimum absolute atomic E-state index is 0.0701. The summed E-state index contributed by atoms with van der Waals surface area (Å²) in [4.78, 5) is 25.0. The van der Waals surface area contributed by atoms with Crippen LogP contribution in [-0.4, -0.2) is 25.1 Å². The van der Waals surface area contributed by atoms with Gasteiger partial charge in [-0.1, -0.05) is 46.2 Å². The quantitative estimate of drug-likeness (QED) is 0.222. The molecule has 0 bridgehead atoms. The summed E-state index contributed by atoms with van der Waals surface area (Å²) < 4.78 is 17.0. The first-order valence-corrected chi connectivity index (χ1v) is 12.8. The number of hydrogen-bond acceptors (Lipinski definition) is 5. The van der Waals surface area contributed by atoms with Gasteiger partial charge in [0.05, 0.1) is 18.8 Å². The van der Waals surface area contributed by atoms with Gasteiger partial charge in [0.1, 0.15) is 18.1 Å². The Hall–Kier alpha value is -3.80. The number of benzene rings is 3. The summed E-state index contributed by atoms with van der Waals surface area (Å²) in [6.45, 7) is 11.6. The lowest BCUT2D eigenvalue weighted by molar-refractivity contribution is 0.0499. The molecule has 0 aromatic heterocycles. The van der Waals surface area contributed by atoms with E-state index in [1.54, 1.807) is 42.5 Å². The van der Waals surface area contributed by atoms with E-state index < -0.39 is 0 Å². The fourth-order valence-electron chi connectivity index (χ4n) is 3.63. The summed E-state index contributed by atoms with van der Waals surface area (Å²) in [7, 11) is 0. The van der Waals surface area contributed by atoms with Crippen molar-refractivity contribution in [3.63, 3.8) is 0 Å². The highest BCUT2D eigenvalue weighted by atomic mass is 16.5. The molecule has 6 nitrogen and oxygen atoms in total. The van der Waals surface area contributed by atoms with E-state index in [1.165, 1.54) is 5.56 Å². The average Bonchev–Trinajstić information content (AvgIpc) is 2.88. The molecule has 1 N–H and O–H groups in total. The largest absolute Gasteiger partial charge is 0.493 e. The number of ether oxygens (including phenoxy) is 3. The van der Waals surface area contributed by atoms with Crippen molar-refractivity contribution in [2.45, 2.75) is 59.5 Å². The smallest absolute Gasteiger partial charge is 0.338 e. The van der Waals surface area contributed by atoms with Gasteiger partial charge in [-0.2, -0.15) is 0 Å². The monoisotopic (exact) mass is 503 g/mol. The van der Waals surface area contributed by atoms with Crippen LogP contribution in [0.5, 0.6) is 11.5 Å². The Bertz CT molecular complexity index is 1180. The van der Waals surface area contributed by atoms with E-state index in [2.05, 4.69) is 38.2 Å². The highest BCUT2D eigenvalue weighted by molar-refractivity contribution is 6.04. The molecule has 0 aliphatic heterocycles. The van der Waals surface area contributed by atoms with Crippen LogP contribution in [0.15, 0.2) is 66.7 Å². The van der Waals surface area contributed by atoms with Gasteiger partial charge in [0.25, 0.3) is 5.91 Å². The van der Waals surface area contributed by atoms with E-state index in [4.69, 9.17) is 14.2 Å². The number of anilines is 1. The molecule has 0 aliphatic carbocycles. The Morgan fingerprint density at radius 3 is 2.14 bits per heavy atom. The topological polar surface area (TPSA) is 73.9 Å². The Balaban J connectivity index is 1.67. The molecule has 0 heterocycles. The van der Waals surface area contributed by atoms with E-state index in [-0.39, 0.29) is 23.9 Å². The number of unbranched alkanes of at least 4 members (excludes halogenated alkanes) is 1. The van der Waals surface area contributed by atoms with Crippen LogP contribution in [0.3, 0.4) is 0 Å². The maximum Gasteiger partial charge on any atom is 0.338 e. The number of rotatable bonds is 11. The predicted molar refractivity (Wildman–Crippen MR) is 147 cm³/mol. The van der Waals surface area contributed by atoms with Crippen LogP contribution in [0, 0.1) is 0 Å². The van der Waals surface area contributed by atoms with Crippen LogP contribution in [0.25, 0.3) is 0 Å². The van der Waals surface area contributed by atoms with Crippen molar-refractivity contribution in [2.24, 2.45) is 0 Å². The van der Waals surface area contributed by atoms with Crippen LogP contribution >= 0.6 is 0 Å². The summed E-state index contributed by atoms with van der Waals surface area (Å²) >= 11 is 0. The molecule has 6 heteroatoms. The lowest BCUT2D eigenvalue weighted by atomic mass is 9.87. The molecule has 3 aromatic carbocycles. The summed E-state index contributed by atoms with van der Waals surface area (Å²) in [5.74, 6) is 0.794. The van der Waals surface area contributed by atoms with Gasteiger partial charge >= 0.3 is 5.97 Å². The molecule has 1 amide bonds. The van der Waals surface area contributed by atoms with E-state index >= 15 is 0 Å². The number of carbonyl (C=O) groups is 2. The summed E-state index contributed by atoms with van der Waals surface area (Å²) in [5, 5.41) is 2.88. The van der Waals surface area contributed by atoms with E-state index in [1.807, 2.05) is 26.0 Å². The molecular formula is C31H37NO5. The standard InChI is InChI=1S/C31H37NO5/c1-6-8-19-36-30(34)22-9-14-26(15-10-22)32-29(33)23-11-18-28(35-7-2)24(20-23)21-37-27-16-12-25(13-17-27)31(3,4)5/h9-18,20H,6-8,19,21H2,1-5H3,(H,32,33). The van der Waals surface area contributed by atoms with Gasteiger partial charge in [-0.3, -0.25) is 4.79 Å². The lowest BCUT2D eigenvalue weighted by Gasteiger charge is -2.19. The summed E-state index contributed by atoms with van der Waals surface area (Å²) in [6.07, 6.45) is 1.79. The molecule has 37 heavy (non-hydrogen) atoms. The maximum atomic E-state index is 12.9. The van der Waals surface area contributed by atoms with Gasteiger partial charge in [0.2, 0.25) is 0 Å². The van der Waals surface area contributed by atoms with E-state index in [0.29, 0.717) is 35.8 Å². The van der Waals surface area contributed by atoms with Crippen molar-refractivity contribution in [2.75, 3.05) is 18.5 Å². The minimum atomic E-state index is -0.365. The van der Waals surface area contributed by atoms with E-state index in [9.17, 15) is 9.59 Å². The maximum absolute atomic E-state index is 12.9. The van der Waals surface area contributed by atoms with Gasteiger partial charge in [-0.05, 0) is 78.9 Å². The van der Waals surface area contributed by atoms with Gasteiger partial charge in [-0.15, -0.1) is 0 Å². The van der Waals surface area contributed by atoms with Gasteiger partial charge < -0.3 is 19.5 Å². The third-order valence-corrected chi connectivity index (χ3v) is 5.85. The zero-order valence-corrected chi connectivity index (χ0v) is 22.4. The molecule has 0 fully saturated rings. The lowest BCUT2D eigenvalue weighted by Crippen LogP contribution is -2.13. The molecule has 0 aliphatic rings. The molecule has 196 valence electrons. The summed E-state index contributed by atoms with van der Waals surface area (Å²) in [6, 6.07) is 20.0. The molecule has 0 radical (unpaired) electrons. The predicted octanol–water partition coefficient (Wildman–Crippen LogP) is 7.17. The first kappa shape index (κ1) is 27.8. The second-order valence-electron chi connectivity index (χ2n) is 9.84. The second kappa shape index (κ2) is 12.9. The zero-order valence-electron chi connectivity index (χ0n) is 22.4. The number of nitrogens with one attached hydrogen (secondary N) is 1. The Kier molecular flexibility index (Phi) is 9.72. The number of hydrogen-bond donors (Lipinski definition) is 1. The number of esters is 1. The number of amides is 1. The molecule has 0 saturated heterocycles. The van der Waals surface area contributed by atoms with Crippen molar-refractivity contribution in [1.29, 1.82) is 0 Å². The van der Waals surface area contributed by atoms with Crippen molar-refractivity contribution in [3.05, 3.63) is 89.0 Å². The first-order valence-electron chi connectivity index (χ1n) is 12.8. The molecule has 0 unspecified atom stereocenters. The van der Waals surface area contributed by atoms with Crippen molar-refractivity contribution in [3.8, 4) is 11.5 Å². The normalized spacial score (nSPS) is 11.1. The highest BCUT2D eigenvalue weighted by Gasteiger charge is 2.15. The molecule has 3 aromatic rings. The van der Waals surface area contributed by atoms with Crippen molar-refractivity contribution >= 4 is 17.6 Å². The zero-order chi connectivity index (χ0) is 26.8. The number of carbonyl (C=O) groups excluding carboxylic acids is 2. The second-order valence-corrected chi connectivity index (χ2v) is 9.84. The molecule has 3 rings (SSSR count). The van der Waals surface area contributed by atoms with Crippen LogP contribution < -0.4 is 14.8 Å². The Morgan fingerprint density at radius 2 is 1.51 bits per heavy atom. The van der Waals surface area contributed by atoms with Gasteiger partial charge in [0.15, 0.2) is 0 Å². The van der Waals surface area contributed by atoms with Crippen LogP contribution in [0.1, 0.15) is 79.3 Å². The highest BCUT2D eigenvalue weighted by Crippen LogP contribution is 2.26. The third kappa shape index (κ3) is 8.10. The Morgan fingerprint density at radius 1 is 0.838 bits per heavy atom. The fourth-order valence-corrected chi connectivity index (χ4v) is 3.63. The molecule has 0 spiro atoms. The van der Waals surface area contributed by atoms with Gasteiger partial charge in [-0.25, -0.2) is 4.79 Å². The first-order chi connectivity index (χ1) is 17.7. The summed E-state index contributed by atoms with van der Waals surface area (Å²) in [5.41, 5.74) is 3.59. The fraction of sp³-hybridized carbons (Fsp3) is 0.355. The van der Waals surface area contributed by atoms with Gasteiger partial charge in [0, 0.05) is 16.8 Å². The van der Waals surface area contributed by atoms with E-state index in [0.717, 1.165) is 24.2 Å². The van der Waals surface area contributed by atoms with Crippen LogP contribution in [0.4, 0.5) is 5.69 Å². The SMILES string of the molecule is CCCCOC(=O)c1ccc(NC(=O)c2ccc(OCC)c(COc3ccc(C(C)(C)C)cc3)c2)cc1. The van der Waals surface area contributed by atoms with Crippen LogP contribution in [0.2, 0.25) is 0 Å². The molecule has 0 saturated carbocycles. The third-order valence-electron chi connectivity index (χ3n) is 5.85.